The maximum Gasteiger partial charge on any atom is 0.395 e. The van der Waals surface area contributed by atoms with Crippen molar-refractivity contribution in [2.24, 2.45) is 0 Å². The molecule has 0 aromatic heterocycles. The minimum Gasteiger partial charge on any atom is -0.392 e. The summed E-state index contributed by atoms with van der Waals surface area (Å²) in [5, 5.41) is -0.794. The second kappa shape index (κ2) is 8.56. The average Bonchev–Trinajstić information content (AvgIpc) is 2.51. The average molecular weight is 345 g/mol. The fourth-order valence-electron chi connectivity index (χ4n) is 3.63. The third-order valence-electron chi connectivity index (χ3n) is 4.39. The van der Waals surface area contributed by atoms with E-state index >= 15 is 0 Å². The van der Waals surface area contributed by atoms with Gasteiger partial charge in [-0.1, -0.05) is 17.8 Å². The van der Waals surface area contributed by atoms with Crippen LogP contribution in [0.15, 0.2) is 24.6 Å². The Bertz CT molecular complexity index is 348. The highest BCUT2D eigenvalue weighted by Gasteiger charge is 2.71. The molecule has 1 heterocycles. The topological polar surface area (TPSA) is 36.9 Å². The first-order valence-electron chi connectivity index (χ1n) is 8.40. The monoisotopic (exact) mass is 344 g/mol. The van der Waals surface area contributed by atoms with E-state index in [-0.39, 0.29) is 0 Å². The summed E-state index contributed by atoms with van der Waals surface area (Å²) in [6.45, 7) is 18.6. The van der Waals surface area contributed by atoms with Crippen molar-refractivity contribution >= 4 is 16.6 Å². The van der Waals surface area contributed by atoms with Gasteiger partial charge in [0.2, 0.25) is 5.03 Å². The molecule has 1 aliphatic heterocycles. The summed E-state index contributed by atoms with van der Waals surface area (Å²) >= 11 is 0. The van der Waals surface area contributed by atoms with Crippen molar-refractivity contribution in [2.45, 2.75) is 51.2 Å². The molecular formula is C16H32O4Si2. The second-order valence-electron chi connectivity index (χ2n) is 5.40. The van der Waals surface area contributed by atoms with E-state index in [9.17, 15) is 0 Å². The van der Waals surface area contributed by atoms with Gasteiger partial charge in [-0.05, 0) is 39.8 Å². The van der Waals surface area contributed by atoms with Crippen LogP contribution in [0.3, 0.4) is 0 Å². The summed E-state index contributed by atoms with van der Waals surface area (Å²) in [7, 11) is -4.97. The summed E-state index contributed by atoms with van der Waals surface area (Å²) in [6.07, 6.45) is 1.05. The molecule has 0 spiro atoms. The van der Waals surface area contributed by atoms with Crippen LogP contribution in [0.25, 0.3) is 0 Å². The fourth-order valence-corrected chi connectivity index (χ4v) is 15.0. The molecule has 1 saturated heterocycles. The molecule has 1 fully saturated rings. The maximum atomic E-state index is 6.34. The Balaban J connectivity index is 3.54. The molecule has 0 saturated carbocycles. The minimum absolute atomic E-state index is 0.561. The van der Waals surface area contributed by atoms with Crippen LogP contribution in [-0.2, 0) is 18.3 Å². The van der Waals surface area contributed by atoms with Gasteiger partial charge in [-0.2, -0.15) is 0 Å². The molecule has 0 aliphatic carbocycles. The van der Waals surface area contributed by atoms with Crippen molar-refractivity contribution in [3.05, 3.63) is 24.6 Å². The van der Waals surface area contributed by atoms with Crippen molar-refractivity contribution in [1.29, 1.82) is 0 Å². The van der Waals surface area contributed by atoms with Gasteiger partial charge in [0.25, 0.3) is 0 Å². The summed E-state index contributed by atoms with van der Waals surface area (Å²) in [4.78, 5) is 0. The highest BCUT2D eigenvalue weighted by Crippen LogP contribution is 2.48. The minimum atomic E-state index is -2.71. The van der Waals surface area contributed by atoms with Gasteiger partial charge >= 0.3 is 8.56 Å². The van der Waals surface area contributed by atoms with Gasteiger partial charge < -0.3 is 18.3 Å². The number of hydrogen-bond acceptors (Lipinski definition) is 4. The zero-order chi connectivity index (χ0) is 16.7. The number of ether oxygens (including phenoxy) is 2. The van der Waals surface area contributed by atoms with Crippen LogP contribution in [0.2, 0.25) is 12.1 Å². The molecule has 0 atom stereocenters. The van der Waals surface area contributed by atoms with Crippen molar-refractivity contribution in [3.63, 3.8) is 0 Å². The molecule has 22 heavy (non-hydrogen) atoms. The van der Waals surface area contributed by atoms with Crippen molar-refractivity contribution in [2.75, 3.05) is 26.4 Å². The van der Waals surface area contributed by atoms with Crippen LogP contribution < -0.4 is 0 Å². The van der Waals surface area contributed by atoms with E-state index in [1.54, 1.807) is 0 Å². The lowest BCUT2D eigenvalue weighted by Crippen LogP contribution is -2.79. The van der Waals surface area contributed by atoms with E-state index in [0.717, 1.165) is 18.5 Å². The molecule has 0 aromatic carbocycles. The largest absolute Gasteiger partial charge is 0.395 e. The molecule has 0 unspecified atom stereocenters. The molecular weight excluding hydrogens is 312 g/mol. The molecule has 0 N–H and O–H groups in total. The van der Waals surface area contributed by atoms with E-state index < -0.39 is 21.7 Å². The van der Waals surface area contributed by atoms with Crippen LogP contribution in [0.4, 0.5) is 0 Å². The van der Waals surface area contributed by atoms with Gasteiger partial charge in [-0.3, -0.25) is 0 Å². The van der Waals surface area contributed by atoms with Gasteiger partial charge in [0.05, 0.1) is 0 Å². The molecule has 0 bridgehead atoms. The first-order chi connectivity index (χ1) is 10.6. The van der Waals surface area contributed by atoms with Crippen molar-refractivity contribution < 1.29 is 18.3 Å². The lowest BCUT2D eigenvalue weighted by molar-refractivity contribution is -0.156. The lowest BCUT2D eigenvalue weighted by atomic mass is 10.6. The normalized spacial score (nSPS) is 22.2. The molecule has 1 rings (SSSR count). The van der Waals surface area contributed by atoms with E-state index in [4.69, 9.17) is 18.3 Å². The molecule has 0 aromatic rings. The zero-order valence-electron chi connectivity index (χ0n) is 14.7. The lowest BCUT2D eigenvalue weighted by Gasteiger charge is -2.56. The summed E-state index contributed by atoms with van der Waals surface area (Å²) in [5.74, 6) is 0. The Morgan fingerprint density at radius 3 is 1.73 bits per heavy atom. The zero-order valence-corrected chi connectivity index (χ0v) is 16.7. The van der Waals surface area contributed by atoms with Crippen LogP contribution in [0.1, 0.15) is 34.1 Å². The van der Waals surface area contributed by atoms with E-state index in [0.29, 0.717) is 26.4 Å². The van der Waals surface area contributed by atoms with Gasteiger partial charge in [0.1, 0.15) is 0 Å². The maximum absolute atomic E-state index is 6.34. The fraction of sp³-hybridized carbons (Fsp3) is 0.750. The molecule has 0 amide bonds. The number of hydrogen-bond donors (Lipinski definition) is 0. The van der Waals surface area contributed by atoms with Gasteiger partial charge in [0, 0.05) is 26.4 Å². The van der Waals surface area contributed by atoms with Crippen LogP contribution in [0, 0.1) is 0 Å². The Morgan fingerprint density at radius 2 is 1.36 bits per heavy atom. The van der Waals surface area contributed by atoms with E-state index in [2.05, 4.69) is 13.2 Å². The van der Waals surface area contributed by atoms with Gasteiger partial charge in [-0.25, -0.2) is 0 Å². The predicted octanol–water partition coefficient (Wildman–Crippen LogP) is 3.65. The smallest absolute Gasteiger partial charge is 0.392 e. The Labute approximate surface area is 137 Å². The molecule has 128 valence electrons. The third-order valence-corrected chi connectivity index (χ3v) is 14.9. The summed E-state index contributed by atoms with van der Waals surface area (Å²) < 4.78 is 25.3. The molecule has 4 nitrogen and oxygen atoms in total. The quantitative estimate of drug-likeness (QED) is 0.448. The SMILES string of the molecule is C=C[Si]1(C=C)CCC[Si](OCC)(OCC)C1(OCC)OCC. The summed E-state index contributed by atoms with van der Waals surface area (Å²) in [5.41, 5.74) is 4.09. The Morgan fingerprint density at radius 1 is 0.864 bits per heavy atom. The Kier molecular flexibility index (Phi) is 7.71. The standard InChI is InChI=1S/C16H32O4Si2/c1-7-17-16(18-8-2)21(11-5,12-6)14-13-15-22(16,19-9-3)20-10-4/h11-12H,5-10,13-15H2,1-4H3. The van der Waals surface area contributed by atoms with E-state index in [1.807, 2.05) is 39.1 Å². The predicted molar refractivity (Wildman–Crippen MR) is 95.4 cm³/mol. The van der Waals surface area contributed by atoms with Crippen LogP contribution in [-0.4, -0.2) is 48.1 Å². The molecule has 6 heteroatoms. The van der Waals surface area contributed by atoms with Gasteiger partial charge in [-0.15, -0.1) is 13.2 Å². The Hall–Kier alpha value is -0.246. The molecule has 1 aliphatic rings. The second-order valence-corrected chi connectivity index (χ2v) is 13.2. The first kappa shape index (κ1) is 19.8. The van der Waals surface area contributed by atoms with E-state index in [1.165, 1.54) is 0 Å². The van der Waals surface area contributed by atoms with Gasteiger partial charge in [0.15, 0.2) is 8.07 Å². The van der Waals surface area contributed by atoms with Crippen LogP contribution >= 0.6 is 0 Å². The van der Waals surface area contributed by atoms with Crippen LogP contribution in [0.5, 0.6) is 0 Å². The highest BCUT2D eigenvalue weighted by atomic mass is 28.4. The third kappa shape index (κ3) is 3.05. The summed E-state index contributed by atoms with van der Waals surface area (Å²) in [6, 6.07) is 1.92. The first-order valence-corrected chi connectivity index (χ1v) is 12.8. The van der Waals surface area contributed by atoms with Crippen molar-refractivity contribution in [3.8, 4) is 0 Å². The van der Waals surface area contributed by atoms with Crippen molar-refractivity contribution in [1.82, 2.24) is 0 Å². The highest BCUT2D eigenvalue weighted by molar-refractivity contribution is 7.02. The molecule has 0 radical (unpaired) electrons. The number of rotatable bonds is 10.